The Bertz CT molecular complexity index is 693. The molecule has 4 heteroatoms. The van der Waals surface area contributed by atoms with E-state index >= 15 is 0 Å². The van der Waals surface area contributed by atoms with Crippen molar-refractivity contribution in [3.63, 3.8) is 0 Å². The summed E-state index contributed by atoms with van der Waals surface area (Å²) in [7, 11) is 0. The van der Waals surface area contributed by atoms with E-state index in [0.717, 1.165) is 37.3 Å². The van der Waals surface area contributed by atoms with Crippen LogP contribution in [0.15, 0.2) is 48.7 Å². The van der Waals surface area contributed by atoms with Crippen LogP contribution in [0, 0.1) is 11.8 Å². The molecule has 1 saturated heterocycles. The van der Waals surface area contributed by atoms with Gasteiger partial charge >= 0.3 is 0 Å². The van der Waals surface area contributed by atoms with Gasteiger partial charge in [0.2, 0.25) is 0 Å². The lowest BCUT2D eigenvalue weighted by atomic mass is 9.67. The fourth-order valence-electron chi connectivity index (χ4n) is 4.39. The third-order valence-electron chi connectivity index (χ3n) is 5.50. The first-order chi connectivity index (χ1) is 11.2. The van der Waals surface area contributed by atoms with Gasteiger partial charge in [0.05, 0.1) is 10.6 Å². The molecule has 0 bridgehead atoms. The maximum Gasteiger partial charge on any atom is 0.147 e. The van der Waals surface area contributed by atoms with Crippen LogP contribution in [0.2, 0.25) is 5.02 Å². The molecule has 1 N–H and O–H groups in total. The molecule has 3 atom stereocenters. The number of benzene rings is 1. The zero-order valence-corrected chi connectivity index (χ0v) is 13.8. The van der Waals surface area contributed by atoms with Gasteiger partial charge in [-0.1, -0.05) is 41.9 Å². The SMILES string of the molecule is O[C@]1(c2ccccc2)CCC[C@@H]2CN(c3ncccc3Cl)C[C@@H]21. The number of halogens is 1. The lowest BCUT2D eigenvalue weighted by Gasteiger charge is -2.41. The Morgan fingerprint density at radius 3 is 2.74 bits per heavy atom. The standard InChI is InChI=1S/C19H21ClN2O/c20-17-9-5-11-21-18(17)22-12-14-6-4-10-19(23,16(14)13-22)15-7-2-1-3-8-15/h1-3,5,7-9,11,14,16,23H,4,6,10,12-13H2/t14-,16+,19+/m1/s1. The molecule has 2 aliphatic rings. The van der Waals surface area contributed by atoms with E-state index in [4.69, 9.17) is 11.6 Å². The minimum atomic E-state index is -0.736. The highest BCUT2D eigenvalue weighted by atomic mass is 35.5. The van der Waals surface area contributed by atoms with Crippen molar-refractivity contribution in [1.29, 1.82) is 0 Å². The van der Waals surface area contributed by atoms with Crippen LogP contribution in [0.3, 0.4) is 0 Å². The maximum absolute atomic E-state index is 11.5. The van der Waals surface area contributed by atoms with Gasteiger partial charge in [-0.3, -0.25) is 0 Å². The number of nitrogens with zero attached hydrogens (tertiary/aromatic N) is 2. The van der Waals surface area contributed by atoms with Gasteiger partial charge < -0.3 is 10.0 Å². The predicted octanol–water partition coefficient (Wildman–Crippen LogP) is 3.86. The third-order valence-corrected chi connectivity index (χ3v) is 5.79. The molecule has 0 spiro atoms. The number of pyridine rings is 1. The van der Waals surface area contributed by atoms with Crippen LogP contribution in [0.25, 0.3) is 0 Å². The summed E-state index contributed by atoms with van der Waals surface area (Å²) < 4.78 is 0. The van der Waals surface area contributed by atoms with Crippen molar-refractivity contribution < 1.29 is 5.11 Å². The molecular formula is C19H21ClN2O. The van der Waals surface area contributed by atoms with Crippen molar-refractivity contribution in [2.75, 3.05) is 18.0 Å². The highest BCUT2D eigenvalue weighted by Crippen LogP contribution is 2.49. The van der Waals surface area contributed by atoms with E-state index in [2.05, 4.69) is 22.0 Å². The van der Waals surface area contributed by atoms with Crippen LogP contribution < -0.4 is 4.90 Å². The van der Waals surface area contributed by atoms with Crippen molar-refractivity contribution in [1.82, 2.24) is 4.98 Å². The number of aromatic nitrogens is 1. The van der Waals surface area contributed by atoms with Crippen LogP contribution in [-0.4, -0.2) is 23.2 Å². The number of hydrogen-bond donors (Lipinski definition) is 1. The molecule has 23 heavy (non-hydrogen) atoms. The van der Waals surface area contributed by atoms with Gasteiger partial charge in [-0.25, -0.2) is 4.98 Å². The van der Waals surface area contributed by atoms with Crippen LogP contribution in [0.5, 0.6) is 0 Å². The fourth-order valence-corrected chi connectivity index (χ4v) is 4.63. The minimum Gasteiger partial charge on any atom is -0.385 e. The van der Waals surface area contributed by atoms with Gasteiger partial charge in [0.1, 0.15) is 5.82 Å². The molecule has 1 aliphatic heterocycles. The van der Waals surface area contributed by atoms with Gasteiger partial charge in [0.15, 0.2) is 0 Å². The second-order valence-electron chi connectivity index (χ2n) is 6.76. The number of hydrogen-bond acceptors (Lipinski definition) is 3. The zero-order chi connectivity index (χ0) is 15.9. The largest absolute Gasteiger partial charge is 0.385 e. The monoisotopic (exact) mass is 328 g/mol. The number of aliphatic hydroxyl groups is 1. The zero-order valence-electron chi connectivity index (χ0n) is 13.0. The second-order valence-corrected chi connectivity index (χ2v) is 7.17. The Balaban J connectivity index is 1.66. The summed E-state index contributed by atoms with van der Waals surface area (Å²) in [5.74, 6) is 1.57. The average Bonchev–Trinajstić information content (AvgIpc) is 3.02. The van der Waals surface area contributed by atoms with E-state index in [9.17, 15) is 5.11 Å². The summed E-state index contributed by atoms with van der Waals surface area (Å²) in [6.45, 7) is 1.74. The second kappa shape index (κ2) is 5.81. The molecule has 120 valence electrons. The van der Waals surface area contributed by atoms with Gasteiger partial charge in [0.25, 0.3) is 0 Å². The molecule has 2 fully saturated rings. The Morgan fingerprint density at radius 1 is 1.13 bits per heavy atom. The number of anilines is 1. The van der Waals surface area contributed by atoms with Crippen LogP contribution in [0.4, 0.5) is 5.82 Å². The Kier molecular flexibility index (Phi) is 3.78. The van der Waals surface area contributed by atoms with Crippen LogP contribution in [-0.2, 0) is 5.60 Å². The van der Waals surface area contributed by atoms with Crippen molar-refractivity contribution in [2.45, 2.75) is 24.9 Å². The van der Waals surface area contributed by atoms with Gasteiger partial charge in [0, 0.05) is 25.2 Å². The van der Waals surface area contributed by atoms with Crippen LogP contribution >= 0.6 is 11.6 Å². The van der Waals surface area contributed by atoms with Gasteiger partial charge in [-0.15, -0.1) is 0 Å². The van der Waals surface area contributed by atoms with Crippen LogP contribution in [0.1, 0.15) is 24.8 Å². The molecule has 1 aliphatic carbocycles. The topological polar surface area (TPSA) is 36.4 Å². The molecule has 1 saturated carbocycles. The van der Waals surface area contributed by atoms with Crippen molar-refractivity contribution in [3.8, 4) is 0 Å². The fraction of sp³-hybridized carbons (Fsp3) is 0.421. The highest BCUT2D eigenvalue weighted by Gasteiger charge is 2.50. The molecular weight excluding hydrogens is 308 g/mol. The van der Waals surface area contributed by atoms with E-state index in [1.54, 1.807) is 6.20 Å². The predicted molar refractivity (Wildman–Crippen MR) is 92.6 cm³/mol. The molecule has 3 nitrogen and oxygen atoms in total. The Morgan fingerprint density at radius 2 is 1.96 bits per heavy atom. The lowest BCUT2D eigenvalue weighted by molar-refractivity contribution is -0.0631. The van der Waals surface area contributed by atoms with Gasteiger partial charge in [-0.2, -0.15) is 0 Å². The Labute approximate surface area is 141 Å². The molecule has 2 aromatic rings. The van der Waals surface area contributed by atoms with Crippen molar-refractivity contribution in [3.05, 3.63) is 59.2 Å². The summed E-state index contributed by atoms with van der Waals surface area (Å²) in [6.07, 6.45) is 4.85. The summed E-state index contributed by atoms with van der Waals surface area (Å²) >= 11 is 6.32. The first-order valence-corrected chi connectivity index (χ1v) is 8.69. The maximum atomic E-state index is 11.5. The molecule has 1 aromatic heterocycles. The summed E-state index contributed by atoms with van der Waals surface area (Å²) in [6, 6.07) is 13.9. The quantitative estimate of drug-likeness (QED) is 0.909. The van der Waals surface area contributed by atoms with Crippen molar-refractivity contribution in [2.24, 2.45) is 11.8 Å². The normalized spacial score (nSPS) is 30.3. The van der Waals surface area contributed by atoms with E-state index in [0.29, 0.717) is 10.9 Å². The minimum absolute atomic E-state index is 0.233. The summed E-state index contributed by atoms with van der Waals surface area (Å²) in [5, 5.41) is 12.2. The first-order valence-electron chi connectivity index (χ1n) is 8.32. The third kappa shape index (κ3) is 2.52. The smallest absolute Gasteiger partial charge is 0.147 e. The first kappa shape index (κ1) is 15.0. The lowest BCUT2D eigenvalue weighted by Crippen LogP contribution is -2.42. The molecule has 0 amide bonds. The molecule has 2 heterocycles. The van der Waals surface area contributed by atoms with Gasteiger partial charge in [-0.05, 0) is 42.9 Å². The molecule has 1 aromatic carbocycles. The number of rotatable bonds is 2. The van der Waals surface area contributed by atoms with Crippen molar-refractivity contribution >= 4 is 17.4 Å². The molecule has 4 rings (SSSR count). The highest BCUT2D eigenvalue weighted by molar-refractivity contribution is 6.32. The van der Waals surface area contributed by atoms with E-state index in [1.807, 2.05) is 30.3 Å². The molecule has 0 radical (unpaired) electrons. The Hall–Kier alpha value is -1.58. The summed E-state index contributed by atoms with van der Waals surface area (Å²) in [4.78, 5) is 6.70. The van der Waals surface area contributed by atoms with E-state index < -0.39 is 5.60 Å². The average molecular weight is 329 g/mol. The van der Waals surface area contributed by atoms with E-state index in [1.165, 1.54) is 6.42 Å². The van der Waals surface area contributed by atoms with E-state index in [-0.39, 0.29) is 5.92 Å². The molecule has 0 unspecified atom stereocenters. The number of fused-ring (bicyclic) bond motifs is 1. The summed E-state index contributed by atoms with van der Waals surface area (Å²) in [5.41, 5.74) is 0.309.